The molecule has 3 saturated carbocycles. The maximum atomic E-state index is 7.15. The Kier molecular flexibility index (Phi) is 4.97. The molecule has 5 fully saturated rings. The van der Waals surface area contributed by atoms with E-state index in [2.05, 4.69) is 72.2 Å². The summed E-state index contributed by atoms with van der Waals surface area (Å²) in [5.74, 6) is 1.87. The van der Waals surface area contributed by atoms with Crippen molar-refractivity contribution >= 4 is 11.4 Å². The Morgan fingerprint density at radius 1 is 0.694 bits per heavy atom. The fourth-order valence-electron chi connectivity index (χ4n) is 10.0. The van der Waals surface area contributed by atoms with Crippen molar-refractivity contribution < 1.29 is 4.74 Å². The number of hydrogen-bond donors (Lipinski definition) is 0. The van der Waals surface area contributed by atoms with E-state index in [1.54, 1.807) is 0 Å². The average molecular weight is 483 g/mol. The van der Waals surface area contributed by atoms with E-state index in [0.717, 1.165) is 30.3 Å². The standard InChI is InChI=1S/C33H42N2O/c1-33(2)24-12-4-7-15-27(24)34(28-16-8-5-13-25(28)33)21-18-19-29-31(20-21)36-30-17-9-11-23-22-10-3-6-14-26(22)35(29)32(23)30/h4-5,7-8,12-13,15-16,21-23,26,29-32H,3,6,9-11,14,17-20H2,1-2H3. The Hall–Kier alpha value is -1.84. The van der Waals surface area contributed by atoms with Crippen LogP contribution < -0.4 is 4.90 Å². The third kappa shape index (κ3) is 2.99. The Labute approximate surface area is 217 Å². The predicted octanol–water partition coefficient (Wildman–Crippen LogP) is 7.20. The van der Waals surface area contributed by atoms with Gasteiger partial charge in [-0.15, -0.1) is 0 Å². The van der Waals surface area contributed by atoms with Gasteiger partial charge in [-0.25, -0.2) is 0 Å². The number of anilines is 2. The number of hydrogen-bond acceptors (Lipinski definition) is 3. The highest BCUT2D eigenvalue weighted by Gasteiger charge is 2.60. The molecule has 8 unspecified atom stereocenters. The number of fused-ring (bicyclic) bond motifs is 7. The van der Waals surface area contributed by atoms with E-state index < -0.39 is 0 Å². The first-order chi connectivity index (χ1) is 17.6. The van der Waals surface area contributed by atoms with Crippen LogP contribution in [0, 0.1) is 11.8 Å². The van der Waals surface area contributed by atoms with Gasteiger partial charge in [0.1, 0.15) is 0 Å². The molecular formula is C33H42N2O. The SMILES string of the molecule is CC1(C)c2ccccc2N(C2CCC3C(C2)OC2CCCC4C5CCCCC5N3C24)c2ccccc21. The van der Waals surface area contributed by atoms with Crippen LogP contribution >= 0.6 is 0 Å². The highest BCUT2D eigenvalue weighted by molar-refractivity contribution is 5.78. The molecular weight excluding hydrogens is 440 g/mol. The lowest BCUT2D eigenvalue weighted by atomic mass is 9.72. The Morgan fingerprint density at radius 3 is 2.17 bits per heavy atom. The molecule has 0 N–H and O–H groups in total. The Bertz CT molecular complexity index is 1110. The minimum absolute atomic E-state index is 0.0259. The van der Waals surface area contributed by atoms with Crippen molar-refractivity contribution in [3.05, 3.63) is 59.7 Å². The molecule has 3 aliphatic carbocycles. The van der Waals surface area contributed by atoms with Crippen LogP contribution in [0.25, 0.3) is 0 Å². The summed E-state index contributed by atoms with van der Waals surface area (Å²) in [6, 6.07) is 21.1. The van der Waals surface area contributed by atoms with Gasteiger partial charge in [-0.05, 0) is 80.0 Å². The molecule has 3 aliphatic heterocycles. The lowest BCUT2D eigenvalue weighted by Gasteiger charge is -2.56. The van der Waals surface area contributed by atoms with Crippen molar-refractivity contribution in [2.24, 2.45) is 11.8 Å². The van der Waals surface area contributed by atoms with Crippen molar-refractivity contribution in [3.8, 4) is 0 Å². The molecule has 0 spiro atoms. The number of rotatable bonds is 1. The maximum absolute atomic E-state index is 7.15. The van der Waals surface area contributed by atoms with Crippen LogP contribution in [0.4, 0.5) is 11.4 Å². The van der Waals surface area contributed by atoms with E-state index in [-0.39, 0.29) is 5.41 Å². The van der Waals surface area contributed by atoms with Gasteiger partial charge < -0.3 is 9.64 Å². The van der Waals surface area contributed by atoms with Gasteiger partial charge in [-0.1, -0.05) is 69.5 Å². The molecule has 8 rings (SSSR count). The molecule has 6 aliphatic rings. The summed E-state index contributed by atoms with van der Waals surface area (Å²) in [4.78, 5) is 5.82. The molecule has 2 aromatic rings. The molecule has 0 aromatic heterocycles. The quantitative estimate of drug-likeness (QED) is 0.428. The third-order valence-electron chi connectivity index (χ3n) is 11.4. The van der Waals surface area contributed by atoms with E-state index in [1.807, 2.05) is 0 Å². The molecule has 0 bridgehead atoms. The topological polar surface area (TPSA) is 15.7 Å². The van der Waals surface area contributed by atoms with Crippen LogP contribution in [0.5, 0.6) is 0 Å². The molecule has 3 heteroatoms. The zero-order chi connectivity index (χ0) is 24.0. The minimum atomic E-state index is 0.0259. The van der Waals surface area contributed by atoms with Gasteiger partial charge in [0.2, 0.25) is 0 Å². The van der Waals surface area contributed by atoms with Crippen molar-refractivity contribution in [3.63, 3.8) is 0 Å². The largest absolute Gasteiger partial charge is 0.372 e. The summed E-state index contributed by atoms with van der Waals surface area (Å²) in [5, 5.41) is 0. The third-order valence-corrected chi connectivity index (χ3v) is 11.4. The van der Waals surface area contributed by atoms with E-state index >= 15 is 0 Å². The molecule has 3 heterocycles. The van der Waals surface area contributed by atoms with Gasteiger partial charge in [0, 0.05) is 41.0 Å². The number of nitrogens with zero attached hydrogens (tertiary/aromatic N) is 2. The van der Waals surface area contributed by atoms with Gasteiger partial charge in [-0.3, -0.25) is 4.90 Å². The van der Waals surface area contributed by atoms with E-state index in [4.69, 9.17) is 4.74 Å². The van der Waals surface area contributed by atoms with Crippen LogP contribution in [0.1, 0.15) is 89.2 Å². The van der Waals surface area contributed by atoms with Crippen LogP contribution in [0.15, 0.2) is 48.5 Å². The summed E-state index contributed by atoms with van der Waals surface area (Å²) in [7, 11) is 0. The zero-order valence-electron chi connectivity index (χ0n) is 22.1. The number of para-hydroxylation sites is 2. The second-order valence-electron chi connectivity index (χ2n) is 13.3. The molecule has 190 valence electrons. The minimum Gasteiger partial charge on any atom is -0.372 e. The summed E-state index contributed by atoms with van der Waals surface area (Å²) in [6.45, 7) is 4.80. The van der Waals surface area contributed by atoms with E-state index in [0.29, 0.717) is 24.3 Å². The van der Waals surface area contributed by atoms with Crippen LogP contribution in [0.3, 0.4) is 0 Å². The summed E-state index contributed by atoms with van der Waals surface area (Å²) in [6.07, 6.45) is 14.5. The van der Waals surface area contributed by atoms with E-state index in [1.165, 1.54) is 80.3 Å². The van der Waals surface area contributed by atoms with Crippen molar-refractivity contribution in [1.82, 2.24) is 4.90 Å². The monoisotopic (exact) mass is 482 g/mol. The van der Waals surface area contributed by atoms with Gasteiger partial charge in [-0.2, -0.15) is 0 Å². The van der Waals surface area contributed by atoms with Crippen LogP contribution in [-0.4, -0.2) is 41.3 Å². The summed E-state index contributed by atoms with van der Waals surface area (Å²) < 4.78 is 7.15. The zero-order valence-corrected chi connectivity index (χ0v) is 22.1. The normalized spacial score (nSPS) is 40.4. The lowest BCUT2D eigenvalue weighted by molar-refractivity contribution is -0.179. The first kappa shape index (κ1) is 22.2. The first-order valence-electron chi connectivity index (χ1n) is 15.0. The first-order valence-corrected chi connectivity index (χ1v) is 15.0. The average Bonchev–Trinajstić information content (AvgIpc) is 3.25. The number of morpholine rings is 1. The molecule has 36 heavy (non-hydrogen) atoms. The maximum Gasteiger partial charge on any atom is 0.0754 e. The molecule has 3 nitrogen and oxygen atoms in total. The molecule has 2 aromatic carbocycles. The van der Waals surface area contributed by atoms with Crippen LogP contribution in [0.2, 0.25) is 0 Å². The highest BCUT2D eigenvalue weighted by atomic mass is 16.5. The van der Waals surface area contributed by atoms with Gasteiger partial charge in [0.15, 0.2) is 0 Å². The number of benzene rings is 2. The van der Waals surface area contributed by atoms with Crippen molar-refractivity contribution in [1.29, 1.82) is 0 Å². The predicted molar refractivity (Wildman–Crippen MR) is 146 cm³/mol. The summed E-state index contributed by atoms with van der Waals surface area (Å²) in [5.41, 5.74) is 5.80. The number of ether oxygens (including phenoxy) is 1. The lowest BCUT2D eigenvalue weighted by Crippen LogP contribution is -2.64. The van der Waals surface area contributed by atoms with Crippen LogP contribution in [-0.2, 0) is 10.2 Å². The molecule has 0 amide bonds. The fourth-order valence-corrected chi connectivity index (χ4v) is 10.0. The Balaban J connectivity index is 1.15. The second-order valence-corrected chi connectivity index (χ2v) is 13.3. The van der Waals surface area contributed by atoms with Gasteiger partial charge in [0.25, 0.3) is 0 Å². The van der Waals surface area contributed by atoms with E-state index in [9.17, 15) is 0 Å². The second kappa shape index (κ2) is 8.08. The molecule has 2 saturated heterocycles. The summed E-state index contributed by atoms with van der Waals surface area (Å²) >= 11 is 0. The van der Waals surface area contributed by atoms with Crippen molar-refractivity contribution in [2.45, 2.75) is 120 Å². The van der Waals surface area contributed by atoms with Crippen molar-refractivity contribution in [2.75, 3.05) is 4.90 Å². The highest BCUT2D eigenvalue weighted by Crippen LogP contribution is 2.56. The Morgan fingerprint density at radius 2 is 1.39 bits per heavy atom. The van der Waals surface area contributed by atoms with Gasteiger partial charge in [0.05, 0.1) is 12.2 Å². The smallest absolute Gasteiger partial charge is 0.0754 e. The van der Waals surface area contributed by atoms with Gasteiger partial charge >= 0.3 is 0 Å². The fraction of sp³-hybridized carbons (Fsp3) is 0.636. The molecule has 0 radical (unpaired) electrons. The molecule has 8 atom stereocenters.